The van der Waals surface area contributed by atoms with Crippen molar-refractivity contribution in [3.8, 4) is 0 Å². The molecule has 3 rings (SSSR count). The maximum Gasteiger partial charge on any atom is 0.262 e. The van der Waals surface area contributed by atoms with Crippen molar-refractivity contribution < 1.29 is 14.0 Å². The lowest BCUT2D eigenvalue weighted by Gasteiger charge is -2.28. The zero-order valence-electron chi connectivity index (χ0n) is 13.2. The molecule has 1 aromatic carbocycles. The minimum Gasteiger partial charge on any atom is -0.439 e. The Labute approximate surface area is 134 Å². The predicted molar refractivity (Wildman–Crippen MR) is 85.7 cm³/mol. The molecule has 1 aliphatic heterocycles. The van der Waals surface area contributed by atoms with Crippen LogP contribution in [0.2, 0.25) is 0 Å². The third kappa shape index (κ3) is 2.38. The van der Waals surface area contributed by atoms with Gasteiger partial charge in [0.1, 0.15) is 11.8 Å². The van der Waals surface area contributed by atoms with E-state index in [1.54, 1.807) is 36.5 Å². The molecule has 0 saturated carbocycles. The van der Waals surface area contributed by atoms with Gasteiger partial charge in [-0.25, -0.2) is 4.98 Å². The number of oxazole rings is 1. The lowest BCUT2D eigenvalue weighted by Crippen LogP contribution is -2.37. The van der Waals surface area contributed by atoms with Gasteiger partial charge in [0.25, 0.3) is 11.8 Å². The Bertz CT molecular complexity index is 743. The maximum atomic E-state index is 12.7. The number of hydrogen-bond acceptors (Lipinski definition) is 4. The van der Waals surface area contributed by atoms with E-state index in [1.165, 1.54) is 4.90 Å². The summed E-state index contributed by atoms with van der Waals surface area (Å²) < 4.78 is 5.65. The summed E-state index contributed by atoms with van der Waals surface area (Å²) in [4.78, 5) is 31.0. The molecule has 2 heterocycles. The lowest BCUT2D eigenvalue weighted by atomic mass is 9.97. The molecular formula is C18H18N2O3. The van der Waals surface area contributed by atoms with Crippen molar-refractivity contribution in [2.24, 2.45) is 5.92 Å². The van der Waals surface area contributed by atoms with Crippen molar-refractivity contribution >= 4 is 17.9 Å². The Morgan fingerprint density at radius 2 is 1.87 bits per heavy atom. The lowest BCUT2D eigenvalue weighted by molar-refractivity contribution is 0.0492. The van der Waals surface area contributed by atoms with Crippen molar-refractivity contribution in [2.75, 3.05) is 0 Å². The van der Waals surface area contributed by atoms with Crippen LogP contribution in [0.1, 0.15) is 58.7 Å². The van der Waals surface area contributed by atoms with Crippen LogP contribution in [0.4, 0.5) is 0 Å². The van der Waals surface area contributed by atoms with Crippen LogP contribution >= 0.6 is 0 Å². The normalized spacial score (nSPS) is 16.3. The summed E-state index contributed by atoms with van der Waals surface area (Å²) in [5.41, 5.74) is 0.864. The van der Waals surface area contributed by atoms with E-state index in [0.717, 1.165) is 6.42 Å². The van der Waals surface area contributed by atoms with Gasteiger partial charge in [0.05, 0.1) is 17.3 Å². The predicted octanol–water partition coefficient (Wildman–Crippen LogP) is 3.70. The molecule has 0 N–H and O–H groups in total. The smallest absolute Gasteiger partial charge is 0.262 e. The maximum absolute atomic E-state index is 12.7. The van der Waals surface area contributed by atoms with Crippen LogP contribution in [0, 0.1) is 5.92 Å². The highest BCUT2D eigenvalue weighted by Gasteiger charge is 2.43. The number of benzene rings is 1. The highest BCUT2D eigenvalue weighted by atomic mass is 16.4. The zero-order valence-corrected chi connectivity index (χ0v) is 13.2. The van der Waals surface area contributed by atoms with Crippen LogP contribution < -0.4 is 0 Å². The molecule has 1 aromatic heterocycles. The standard InChI is InChI=1S/C18H18N2O3/c1-4-11(3)15(16-19-10-12(5-2)23-16)20-17(21)13-8-6-7-9-14(13)18(20)22/h5-11,15H,2,4H2,1,3H3/t11-,15+/m1/s1. The second kappa shape index (κ2) is 5.83. The first kappa shape index (κ1) is 15.2. The number of carbonyl (C=O) groups excluding carboxylic acids is 2. The molecule has 0 radical (unpaired) electrons. The molecule has 23 heavy (non-hydrogen) atoms. The first-order valence-electron chi connectivity index (χ1n) is 7.63. The van der Waals surface area contributed by atoms with Crippen LogP contribution in [-0.4, -0.2) is 21.7 Å². The van der Waals surface area contributed by atoms with E-state index in [0.29, 0.717) is 22.8 Å². The molecule has 0 spiro atoms. The summed E-state index contributed by atoms with van der Waals surface area (Å²) in [6, 6.07) is 6.34. The van der Waals surface area contributed by atoms with Crippen molar-refractivity contribution in [1.29, 1.82) is 0 Å². The Balaban J connectivity index is 2.06. The van der Waals surface area contributed by atoms with Crippen LogP contribution in [0.3, 0.4) is 0 Å². The molecule has 2 atom stereocenters. The van der Waals surface area contributed by atoms with Crippen LogP contribution in [0.15, 0.2) is 41.5 Å². The van der Waals surface area contributed by atoms with Crippen LogP contribution in [0.5, 0.6) is 0 Å². The SMILES string of the molecule is C=Cc1cnc([C@H]([C@H](C)CC)N2C(=O)c3ccccc3C2=O)o1. The first-order valence-corrected chi connectivity index (χ1v) is 7.63. The Morgan fingerprint density at radius 3 is 2.35 bits per heavy atom. The zero-order chi connectivity index (χ0) is 16.6. The summed E-state index contributed by atoms with van der Waals surface area (Å²) in [5, 5.41) is 0. The molecule has 0 aliphatic carbocycles. The molecule has 118 valence electrons. The largest absolute Gasteiger partial charge is 0.439 e. The van der Waals surface area contributed by atoms with Gasteiger partial charge in [0.15, 0.2) is 0 Å². The van der Waals surface area contributed by atoms with Gasteiger partial charge in [0, 0.05) is 0 Å². The second-order valence-electron chi connectivity index (χ2n) is 5.66. The molecule has 2 aromatic rings. The molecule has 0 bridgehead atoms. The van der Waals surface area contributed by atoms with Gasteiger partial charge < -0.3 is 4.42 Å². The first-order chi connectivity index (χ1) is 11.1. The summed E-state index contributed by atoms with van der Waals surface area (Å²) in [5.74, 6) is 0.311. The van der Waals surface area contributed by atoms with Crippen molar-refractivity contribution in [3.63, 3.8) is 0 Å². The summed E-state index contributed by atoms with van der Waals surface area (Å²) in [7, 11) is 0. The van der Waals surface area contributed by atoms with E-state index < -0.39 is 6.04 Å². The number of imide groups is 1. The molecule has 5 heteroatoms. The monoisotopic (exact) mass is 310 g/mol. The molecule has 2 amide bonds. The Morgan fingerprint density at radius 1 is 1.26 bits per heavy atom. The number of aromatic nitrogens is 1. The van der Waals surface area contributed by atoms with Crippen molar-refractivity contribution in [1.82, 2.24) is 9.88 Å². The number of rotatable bonds is 5. The van der Waals surface area contributed by atoms with Gasteiger partial charge in [-0.15, -0.1) is 0 Å². The van der Waals surface area contributed by atoms with Gasteiger partial charge >= 0.3 is 0 Å². The average Bonchev–Trinajstić information content (AvgIpc) is 3.14. The van der Waals surface area contributed by atoms with Gasteiger partial charge in [-0.3, -0.25) is 14.5 Å². The third-order valence-electron chi connectivity index (χ3n) is 4.28. The fourth-order valence-corrected chi connectivity index (χ4v) is 2.82. The Kier molecular flexibility index (Phi) is 3.86. The van der Waals surface area contributed by atoms with Crippen molar-refractivity contribution in [3.05, 3.63) is 59.8 Å². The number of amides is 2. The topological polar surface area (TPSA) is 63.4 Å². The molecular weight excluding hydrogens is 292 g/mol. The van der Waals surface area contributed by atoms with Gasteiger partial charge in [0.2, 0.25) is 5.89 Å². The van der Waals surface area contributed by atoms with E-state index >= 15 is 0 Å². The summed E-state index contributed by atoms with van der Waals surface area (Å²) in [6.07, 6.45) is 3.88. The molecule has 0 unspecified atom stereocenters. The summed E-state index contributed by atoms with van der Waals surface area (Å²) in [6.45, 7) is 7.63. The van der Waals surface area contributed by atoms with E-state index in [-0.39, 0.29) is 17.7 Å². The van der Waals surface area contributed by atoms with Crippen LogP contribution in [-0.2, 0) is 0 Å². The summed E-state index contributed by atoms with van der Waals surface area (Å²) >= 11 is 0. The average molecular weight is 310 g/mol. The fraction of sp³-hybridized carbons (Fsp3) is 0.278. The molecule has 0 fully saturated rings. The fourth-order valence-electron chi connectivity index (χ4n) is 2.82. The highest BCUT2D eigenvalue weighted by molar-refractivity contribution is 6.21. The second-order valence-corrected chi connectivity index (χ2v) is 5.66. The molecule has 5 nitrogen and oxygen atoms in total. The number of hydrogen-bond donors (Lipinski definition) is 0. The Hall–Kier alpha value is -2.69. The number of nitrogens with zero attached hydrogens (tertiary/aromatic N) is 2. The molecule has 1 aliphatic rings. The van der Waals surface area contributed by atoms with Gasteiger partial charge in [-0.1, -0.05) is 39.0 Å². The van der Waals surface area contributed by atoms with E-state index in [9.17, 15) is 9.59 Å². The van der Waals surface area contributed by atoms with E-state index in [2.05, 4.69) is 11.6 Å². The minimum absolute atomic E-state index is 0.0218. The number of carbonyl (C=O) groups is 2. The van der Waals surface area contributed by atoms with E-state index in [4.69, 9.17) is 4.42 Å². The number of fused-ring (bicyclic) bond motifs is 1. The van der Waals surface area contributed by atoms with Gasteiger partial charge in [-0.05, 0) is 24.1 Å². The minimum atomic E-state index is -0.527. The van der Waals surface area contributed by atoms with Gasteiger partial charge in [-0.2, -0.15) is 0 Å². The van der Waals surface area contributed by atoms with Crippen LogP contribution in [0.25, 0.3) is 6.08 Å². The van der Waals surface area contributed by atoms with Crippen molar-refractivity contribution in [2.45, 2.75) is 26.3 Å². The highest BCUT2D eigenvalue weighted by Crippen LogP contribution is 2.36. The quantitative estimate of drug-likeness (QED) is 0.790. The molecule has 0 saturated heterocycles. The van der Waals surface area contributed by atoms with E-state index in [1.807, 2.05) is 13.8 Å². The third-order valence-corrected chi connectivity index (χ3v) is 4.28.